The molecular formula is C27H49N2O+. The second-order valence-electron chi connectivity index (χ2n) is 9.46. The molecule has 0 saturated carbocycles. The molecule has 3 heteroatoms. The van der Waals surface area contributed by atoms with E-state index in [0.29, 0.717) is 11.0 Å². The predicted molar refractivity (Wildman–Crippen MR) is 130 cm³/mol. The Morgan fingerprint density at radius 3 is 1.77 bits per heavy atom. The molecule has 0 fully saturated rings. The van der Waals surface area contributed by atoms with Crippen molar-refractivity contribution >= 4 is 5.91 Å². The molecule has 0 saturated heterocycles. The quantitative estimate of drug-likeness (QED) is 0.159. The maximum atomic E-state index is 12.8. The lowest BCUT2D eigenvalue weighted by atomic mass is 9.79. The van der Waals surface area contributed by atoms with Gasteiger partial charge in [0.25, 0.3) is 5.91 Å². The molecule has 30 heavy (non-hydrogen) atoms. The van der Waals surface area contributed by atoms with E-state index in [-0.39, 0.29) is 11.4 Å². The van der Waals surface area contributed by atoms with Crippen LogP contribution in [0.1, 0.15) is 116 Å². The average Bonchev–Trinajstić information content (AvgIpc) is 2.72. The Balaban J connectivity index is 2.59. The monoisotopic (exact) mass is 417 g/mol. The van der Waals surface area contributed by atoms with Gasteiger partial charge in [-0.2, -0.15) is 0 Å². The number of quaternary nitrogens is 1. The standard InChI is InChI=1S/C27H48N2O/c1-6-9-10-11-12-13-14-15-19-22-26(30)28-29(4,5)27(23-7-2,24-8-3)25-20-17-16-18-21-25/h16-18,20-21H,6-15,19,22-24H2,1-5H3/p+1. The SMILES string of the molecule is CCCCCCCCCCCC(=O)N[N+](C)(C)C(CCC)(CCC)c1ccccc1. The summed E-state index contributed by atoms with van der Waals surface area (Å²) in [6.45, 7) is 6.76. The van der Waals surface area contributed by atoms with Gasteiger partial charge in [-0.05, 0) is 19.3 Å². The van der Waals surface area contributed by atoms with Crippen molar-refractivity contribution in [1.82, 2.24) is 5.43 Å². The van der Waals surface area contributed by atoms with Gasteiger partial charge >= 0.3 is 0 Å². The zero-order valence-corrected chi connectivity index (χ0v) is 20.6. The third-order valence-corrected chi connectivity index (χ3v) is 6.62. The van der Waals surface area contributed by atoms with Crippen molar-refractivity contribution in [2.75, 3.05) is 14.1 Å². The van der Waals surface area contributed by atoms with Crippen LogP contribution >= 0.6 is 0 Å². The van der Waals surface area contributed by atoms with Gasteiger partial charge in [0.05, 0.1) is 14.1 Å². The number of carbonyl (C=O) groups excluding carboxylic acids is 1. The lowest BCUT2D eigenvalue weighted by Crippen LogP contribution is -2.66. The minimum Gasteiger partial charge on any atom is -0.270 e. The molecule has 1 aromatic rings. The largest absolute Gasteiger partial charge is 0.270 e. The molecule has 0 aliphatic heterocycles. The predicted octanol–water partition coefficient (Wildman–Crippen LogP) is 7.51. The van der Waals surface area contributed by atoms with Gasteiger partial charge in [-0.1, -0.05) is 102 Å². The lowest BCUT2D eigenvalue weighted by molar-refractivity contribution is -0.983. The van der Waals surface area contributed by atoms with E-state index in [2.05, 4.69) is 70.6 Å². The van der Waals surface area contributed by atoms with Gasteiger partial charge in [0.15, 0.2) is 0 Å². The first-order valence-corrected chi connectivity index (χ1v) is 12.6. The summed E-state index contributed by atoms with van der Waals surface area (Å²) in [6.07, 6.45) is 16.5. The van der Waals surface area contributed by atoms with E-state index < -0.39 is 0 Å². The highest BCUT2D eigenvalue weighted by atomic mass is 16.2. The second kappa shape index (κ2) is 14.6. The molecule has 1 rings (SSSR count). The van der Waals surface area contributed by atoms with E-state index in [1.807, 2.05) is 0 Å². The van der Waals surface area contributed by atoms with E-state index in [0.717, 1.165) is 32.1 Å². The van der Waals surface area contributed by atoms with Crippen molar-refractivity contribution in [3.63, 3.8) is 0 Å². The topological polar surface area (TPSA) is 29.1 Å². The van der Waals surface area contributed by atoms with Crippen LogP contribution in [0.25, 0.3) is 0 Å². The van der Waals surface area contributed by atoms with Crippen LogP contribution < -0.4 is 5.43 Å². The van der Waals surface area contributed by atoms with Gasteiger partial charge in [-0.15, -0.1) is 0 Å². The maximum absolute atomic E-state index is 12.8. The molecule has 0 aliphatic carbocycles. The molecule has 0 bridgehead atoms. The fourth-order valence-electron chi connectivity index (χ4n) is 4.94. The Morgan fingerprint density at radius 2 is 1.27 bits per heavy atom. The number of hydrogen-bond donors (Lipinski definition) is 1. The van der Waals surface area contributed by atoms with Crippen LogP contribution in [0.15, 0.2) is 30.3 Å². The minimum atomic E-state index is -0.0844. The summed E-state index contributed by atoms with van der Waals surface area (Å²) < 4.78 is 0.523. The Bertz CT molecular complexity index is 561. The van der Waals surface area contributed by atoms with Crippen molar-refractivity contribution in [3.8, 4) is 0 Å². The Kier molecular flexibility index (Phi) is 13.0. The molecule has 0 unspecified atom stereocenters. The van der Waals surface area contributed by atoms with Gasteiger partial charge in [-0.25, -0.2) is 10.0 Å². The molecule has 0 radical (unpaired) electrons. The summed E-state index contributed by atoms with van der Waals surface area (Å²) in [7, 11) is 4.35. The van der Waals surface area contributed by atoms with E-state index in [4.69, 9.17) is 0 Å². The summed E-state index contributed by atoms with van der Waals surface area (Å²) in [4.78, 5) is 12.8. The Morgan fingerprint density at radius 1 is 0.767 bits per heavy atom. The van der Waals surface area contributed by atoms with Crippen LogP contribution in [0.3, 0.4) is 0 Å². The number of nitrogens with one attached hydrogen (secondary N) is 1. The van der Waals surface area contributed by atoms with Crippen molar-refractivity contribution in [2.24, 2.45) is 0 Å². The Labute approximate surface area is 187 Å². The van der Waals surface area contributed by atoms with Crippen molar-refractivity contribution in [3.05, 3.63) is 35.9 Å². The first-order valence-electron chi connectivity index (χ1n) is 12.6. The minimum absolute atomic E-state index is 0.0844. The first kappa shape index (κ1) is 26.7. The molecule has 172 valence electrons. The highest BCUT2D eigenvalue weighted by Crippen LogP contribution is 2.40. The molecular weight excluding hydrogens is 368 g/mol. The van der Waals surface area contributed by atoms with Crippen molar-refractivity contribution in [2.45, 2.75) is 116 Å². The van der Waals surface area contributed by atoms with Crippen LogP contribution in [-0.2, 0) is 10.3 Å². The first-order chi connectivity index (χ1) is 14.4. The van der Waals surface area contributed by atoms with Crippen molar-refractivity contribution in [1.29, 1.82) is 0 Å². The van der Waals surface area contributed by atoms with Gasteiger partial charge < -0.3 is 0 Å². The number of rotatable bonds is 17. The second-order valence-corrected chi connectivity index (χ2v) is 9.46. The summed E-state index contributed by atoms with van der Waals surface area (Å²) in [5, 5.41) is 0. The zero-order valence-electron chi connectivity index (χ0n) is 20.6. The summed E-state index contributed by atoms with van der Waals surface area (Å²) in [5.74, 6) is 0.190. The summed E-state index contributed by atoms with van der Waals surface area (Å²) in [5.41, 5.74) is 4.64. The number of amides is 1. The van der Waals surface area contributed by atoms with E-state index in [1.165, 1.54) is 56.9 Å². The fraction of sp³-hybridized carbons (Fsp3) is 0.741. The van der Waals surface area contributed by atoms with Gasteiger partial charge in [0.1, 0.15) is 5.54 Å². The fourth-order valence-corrected chi connectivity index (χ4v) is 4.94. The van der Waals surface area contributed by atoms with Crippen LogP contribution in [0.2, 0.25) is 0 Å². The van der Waals surface area contributed by atoms with Crippen LogP contribution in [0.4, 0.5) is 0 Å². The lowest BCUT2D eigenvalue weighted by Gasteiger charge is -2.48. The molecule has 0 spiro atoms. The number of unbranched alkanes of at least 4 members (excludes halogenated alkanes) is 8. The molecule has 1 aromatic carbocycles. The molecule has 3 nitrogen and oxygen atoms in total. The van der Waals surface area contributed by atoms with Gasteiger partial charge in [-0.3, -0.25) is 4.79 Å². The smallest absolute Gasteiger partial charge is 0.264 e. The molecule has 0 aromatic heterocycles. The van der Waals surface area contributed by atoms with Crippen LogP contribution in [0, 0.1) is 0 Å². The normalized spacial score (nSPS) is 12.2. The number of carbonyl (C=O) groups is 1. The molecule has 0 heterocycles. The van der Waals surface area contributed by atoms with E-state index in [1.54, 1.807) is 0 Å². The van der Waals surface area contributed by atoms with Crippen LogP contribution in [-0.4, -0.2) is 24.6 Å². The highest BCUT2D eigenvalue weighted by molar-refractivity contribution is 5.74. The van der Waals surface area contributed by atoms with E-state index >= 15 is 0 Å². The number of benzene rings is 1. The molecule has 1 N–H and O–H groups in total. The summed E-state index contributed by atoms with van der Waals surface area (Å²) in [6, 6.07) is 10.8. The molecule has 0 aliphatic rings. The Hall–Kier alpha value is -1.35. The zero-order chi connectivity index (χ0) is 22.3. The summed E-state index contributed by atoms with van der Waals surface area (Å²) >= 11 is 0. The average molecular weight is 418 g/mol. The maximum Gasteiger partial charge on any atom is 0.264 e. The van der Waals surface area contributed by atoms with Gasteiger partial charge in [0, 0.05) is 24.8 Å². The highest BCUT2D eigenvalue weighted by Gasteiger charge is 2.47. The number of hydrogen-bond acceptors (Lipinski definition) is 1. The van der Waals surface area contributed by atoms with Gasteiger partial charge in [0.2, 0.25) is 0 Å². The number of nitrogens with zero attached hydrogens (tertiary/aromatic N) is 1. The third kappa shape index (κ3) is 8.41. The molecule has 0 atom stereocenters. The van der Waals surface area contributed by atoms with E-state index in [9.17, 15) is 4.79 Å². The van der Waals surface area contributed by atoms with Crippen molar-refractivity contribution < 1.29 is 9.39 Å². The molecule has 1 amide bonds. The van der Waals surface area contributed by atoms with Crippen LogP contribution in [0.5, 0.6) is 0 Å². The third-order valence-electron chi connectivity index (χ3n) is 6.62.